The van der Waals surface area contributed by atoms with Crippen molar-refractivity contribution in [3.8, 4) is 6.07 Å². The van der Waals surface area contributed by atoms with E-state index in [2.05, 4.69) is 46.6 Å². The molecular weight excluding hydrogens is 477 g/mol. The molecule has 0 bridgehead atoms. The van der Waals surface area contributed by atoms with E-state index >= 15 is 4.39 Å². The molecule has 0 N–H and O–H groups in total. The van der Waals surface area contributed by atoms with Crippen molar-refractivity contribution in [2.75, 3.05) is 18.0 Å². The molecule has 0 spiro atoms. The molecule has 3 aromatic heterocycles. The number of hydrogen-bond donors (Lipinski definition) is 0. The molecule has 1 fully saturated rings. The summed E-state index contributed by atoms with van der Waals surface area (Å²) in [5.41, 5.74) is 3.34. The van der Waals surface area contributed by atoms with Crippen molar-refractivity contribution in [2.45, 2.75) is 58.7 Å². The first-order valence-corrected chi connectivity index (χ1v) is 13.1. The zero-order valence-corrected chi connectivity index (χ0v) is 22.0. The van der Waals surface area contributed by atoms with Crippen LogP contribution in [-0.4, -0.2) is 49.2 Å². The van der Waals surface area contributed by atoms with E-state index in [0.29, 0.717) is 35.5 Å². The lowest BCUT2D eigenvalue weighted by Gasteiger charge is -2.48. The van der Waals surface area contributed by atoms with Gasteiger partial charge in [0.2, 0.25) is 0 Å². The first kappa shape index (κ1) is 24.4. The van der Waals surface area contributed by atoms with Gasteiger partial charge in [0.1, 0.15) is 5.82 Å². The summed E-state index contributed by atoms with van der Waals surface area (Å²) in [7, 11) is 1.70. The largest absolute Gasteiger partial charge is 0.363 e. The van der Waals surface area contributed by atoms with Gasteiger partial charge in [-0.1, -0.05) is 6.92 Å². The first-order valence-electron chi connectivity index (χ1n) is 12.3. The number of benzene rings is 1. The van der Waals surface area contributed by atoms with Crippen LogP contribution in [0.4, 0.5) is 10.1 Å². The summed E-state index contributed by atoms with van der Waals surface area (Å²) < 4.78 is 19.4. The van der Waals surface area contributed by atoms with Crippen LogP contribution < -0.4 is 10.5 Å². The molecule has 1 aliphatic heterocycles. The van der Waals surface area contributed by atoms with E-state index in [1.54, 1.807) is 41.2 Å². The number of nitrogens with zero attached hydrogens (tertiary/aromatic N) is 7. The van der Waals surface area contributed by atoms with Gasteiger partial charge in [-0.2, -0.15) is 5.26 Å². The topological polar surface area (TPSA) is 82.5 Å². The fourth-order valence-electron chi connectivity index (χ4n) is 5.40. The van der Waals surface area contributed by atoms with Crippen molar-refractivity contribution < 1.29 is 4.39 Å². The highest BCUT2D eigenvalue weighted by molar-refractivity contribution is 7.18. The summed E-state index contributed by atoms with van der Waals surface area (Å²) in [5.74, 6) is -0.221. The van der Waals surface area contributed by atoms with E-state index in [1.165, 1.54) is 4.68 Å². The van der Waals surface area contributed by atoms with Crippen LogP contribution in [0.1, 0.15) is 49.5 Å². The highest BCUT2D eigenvalue weighted by Gasteiger charge is 2.36. The number of aryl methyl sites for hydroxylation is 2. The molecule has 1 aromatic carbocycles. The second kappa shape index (κ2) is 9.30. The lowest BCUT2D eigenvalue weighted by Crippen LogP contribution is -2.58. The fraction of sp³-hybridized carbons (Fsp3) is 0.462. The molecule has 188 valence electrons. The van der Waals surface area contributed by atoms with E-state index in [0.717, 1.165) is 21.8 Å². The van der Waals surface area contributed by atoms with Crippen LogP contribution in [-0.2, 0) is 13.5 Å². The number of anilines is 1. The van der Waals surface area contributed by atoms with Crippen molar-refractivity contribution in [3.05, 3.63) is 56.8 Å². The zero-order valence-electron chi connectivity index (χ0n) is 21.2. The van der Waals surface area contributed by atoms with Crippen LogP contribution >= 0.6 is 11.3 Å². The monoisotopic (exact) mass is 507 g/mol. The number of thiazole rings is 1. The number of fused-ring (bicyclic) bond motifs is 2. The van der Waals surface area contributed by atoms with Crippen LogP contribution in [0.25, 0.3) is 15.9 Å². The van der Waals surface area contributed by atoms with Gasteiger partial charge in [-0.25, -0.2) is 23.6 Å². The van der Waals surface area contributed by atoms with Gasteiger partial charge in [0, 0.05) is 56.0 Å². The molecule has 10 heteroatoms. The molecule has 0 saturated carbocycles. The second-order valence-electron chi connectivity index (χ2n) is 9.64. The van der Waals surface area contributed by atoms with Crippen molar-refractivity contribution in [1.82, 2.24) is 24.1 Å². The van der Waals surface area contributed by atoms with E-state index in [9.17, 15) is 4.79 Å². The number of nitriles is 1. The van der Waals surface area contributed by atoms with Crippen molar-refractivity contribution in [1.29, 1.82) is 5.26 Å². The van der Waals surface area contributed by atoms with Crippen LogP contribution in [0.2, 0.25) is 0 Å². The first-order chi connectivity index (χ1) is 17.2. The van der Waals surface area contributed by atoms with E-state index in [4.69, 9.17) is 5.26 Å². The summed E-state index contributed by atoms with van der Waals surface area (Å²) in [6, 6.07) is 7.40. The average molecular weight is 508 g/mol. The third-order valence-electron chi connectivity index (χ3n) is 7.36. The Hall–Kier alpha value is -3.29. The number of halogens is 1. The van der Waals surface area contributed by atoms with Crippen molar-refractivity contribution in [2.24, 2.45) is 7.05 Å². The molecule has 1 aliphatic rings. The summed E-state index contributed by atoms with van der Waals surface area (Å²) in [6.07, 6.45) is 2.82. The second-order valence-corrected chi connectivity index (χ2v) is 10.9. The molecule has 4 aromatic rings. The summed E-state index contributed by atoms with van der Waals surface area (Å²) in [5, 5.41) is 10.1. The fourth-order valence-corrected chi connectivity index (χ4v) is 6.25. The predicted octanol–water partition coefficient (Wildman–Crippen LogP) is 4.21. The third-order valence-corrected chi connectivity index (χ3v) is 8.29. The normalized spacial score (nSPS) is 19.8. The molecule has 1 unspecified atom stereocenters. The van der Waals surface area contributed by atoms with Gasteiger partial charge >= 0.3 is 0 Å². The molecule has 4 heterocycles. The predicted molar refractivity (Wildman–Crippen MR) is 140 cm³/mol. The van der Waals surface area contributed by atoms with E-state index in [-0.39, 0.29) is 35.9 Å². The third kappa shape index (κ3) is 4.06. The van der Waals surface area contributed by atoms with E-state index < -0.39 is 0 Å². The average Bonchev–Trinajstić information content (AvgIpc) is 3.43. The maximum atomic E-state index is 15.2. The molecule has 0 aliphatic carbocycles. The minimum Gasteiger partial charge on any atom is -0.363 e. The Balaban J connectivity index is 1.50. The van der Waals surface area contributed by atoms with Gasteiger partial charge in [0.25, 0.3) is 5.56 Å². The molecule has 0 radical (unpaired) electrons. The lowest BCUT2D eigenvalue weighted by atomic mass is 9.98. The Kier molecular flexibility index (Phi) is 6.30. The lowest BCUT2D eigenvalue weighted by molar-refractivity contribution is 0.104. The van der Waals surface area contributed by atoms with Gasteiger partial charge in [-0.3, -0.25) is 9.69 Å². The maximum absolute atomic E-state index is 15.2. The maximum Gasteiger partial charge on any atom is 0.267 e. The number of hydrogen-bond acceptors (Lipinski definition) is 7. The van der Waals surface area contributed by atoms with Crippen LogP contribution in [0, 0.1) is 24.1 Å². The van der Waals surface area contributed by atoms with Crippen LogP contribution in [0.5, 0.6) is 0 Å². The summed E-state index contributed by atoms with van der Waals surface area (Å²) >= 11 is 1.59. The molecule has 1 saturated heterocycles. The highest BCUT2D eigenvalue weighted by atomic mass is 32.1. The van der Waals surface area contributed by atoms with Crippen molar-refractivity contribution in [3.63, 3.8) is 0 Å². The Morgan fingerprint density at radius 1 is 1.28 bits per heavy atom. The number of rotatable bonds is 5. The number of aromatic nitrogens is 4. The quantitative estimate of drug-likeness (QED) is 0.403. The summed E-state index contributed by atoms with van der Waals surface area (Å²) in [4.78, 5) is 26.5. The number of imidazole rings is 1. The SMILES string of the molecule is CC[C@@H]1CN(c2cc(=O)n(C)n3cc(CC#N)nc23)[C@@H](C)CN1C(C)c1cc2sc(C)nc2cc1F. The number of piperazine rings is 1. The highest BCUT2D eigenvalue weighted by Crippen LogP contribution is 2.35. The molecular formula is C26H30FN7OS. The van der Waals surface area contributed by atoms with E-state index in [1.807, 2.05) is 13.0 Å². The van der Waals surface area contributed by atoms with Gasteiger partial charge < -0.3 is 4.90 Å². The zero-order chi connectivity index (χ0) is 25.7. The van der Waals surface area contributed by atoms with Crippen LogP contribution in [0.3, 0.4) is 0 Å². The Bertz CT molecular complexity index is 1550. The van der Waals surface area contributed by atoms with Crippen molar-refractivity contribution >= 4 is 32.9 Å². The Labute approximate surface area is 213 Å². The Morgan fingerprint density at radius 2 is 2.06 bits per heavy atom. The molecule has 36 heavy (non-hydrogen) atoms. The minimum atomic E-state index is -0.221. The van der Waals surface area contributed by atoms with Gasteiger partial charge in [-0.15, -0.1) is 11.3 Å². The standard InChI is InChI=1S/C26H30FN7OS/c1-6-19-14-32(23-11-25(35)31(5)34-13-18(7-8-28)30-26(23)34)15(2)12-33(19)16(3)20-9-24-22(10-21(20)27)29-17(4)36-24/h9-11,13,15-16,19H,6-7,12,14H2,1-5H3/t15-,16?,19+/m0/s1. The molecule has 3 atom stereocenters. The van der Waals surface area contributed by atoms with Gasteiger partial charge in [0.15, 0.2) is 5.65 Å². The minimum absolute atomic E-state index is 0.0692. The molecule has 5 rings (SSSR count). The van der Waals surface area contributed by atoms with Gasteiger partial charge in [-0.05, 0) is 33.3 Å². The van der Waals surface area contributed by atoms with Gasteiger partial charge in [0.05, 0.1) is 45.3 Å². The molecule has 0 amide bonds. The smallest absolute Gasteiger partial charge is 0.267 e. The van der Waals surface area contributed by atoms with Crippen LogP contribution in [0.15, 0.2) is 29.2 Å². The Morgan fingerprint density at radius 3 is 2.78 bits per heavy atom. The summed E-state index contributed by atoms with van der Waals surface area (Å²) in [6.45, 7) is 9.69. The molecule has 8 nitrogen and oxygen atoms in total.